The maximum absolute atomic E-state index is 5.22. The third kappa shape index (κ3) is 4.70. The Morgan fingerprint density at radius 2 is 1.85 bits per heavy atom. The largest absolute Gasteiger partial charge is 0.497 e. The monoisotopic (exact) mass is 345 g/mol. The summed E-state index contributed by atoms with van der Waals surface area (Å²) in [5.74, 6) is 1.71. The second-order valence-electron chi connectivity index (χ2n) is 6.04. The van der Waals surface area contributed by atoms with Crippen LogP contribution in [0.15, 0.2) is 67.1 Å². The Bertz CT molecular complexity index is 858. The van der Waals surface area contributed by atoms with Crippen LogP contribution in [0.4, 0.5) is 5.82 Å². The molecule has 3 aromatic rings. The van der Waals surface area contributed by atoms with Crippen LogP contribution in [0.1, 0.15) is 23.6 Å². The van der Waals surface area contributed by atoms with E-state index in [1.54, 1.807) is 13.4 Å². The topological polar surface area (TPSA) is 47.0 Å². The van der Waals surface area contributed by atoms with Gasteiger partial charge in [-0.3, -0.25) is 0 Å². The molecule has 0 bridgehead atoms. The van der Waals surface area contributed by atoms with Gasteiger partial charge in [-0.15, -0.1) is 0 Å². The van der Waals surface area contributed by atoms with Crippen LogP contribution in [0.2, 0.25) is 0 Å². The molecule has 0 aliphatic heterocycles. The van der Waals surface area contributed by atoms with Crippen molar-refractivity contribution in [3.8, 4) is 5.75 Å². The number of nitrogens with one attached hydrogen (secondary N) is 1. The van der Waals surface area contributed by atoms with Gasteiger partial charge in [0.2, 0.25) is 0 Å². The van der Waals surface area contributed by atoms with E-state index in [0.29, 0.717) is 0 Å². The molecule has 4 nitrogen and oxygen atoms in total. The predicted molar refractivity (Wildman–Crippen MR) is 107 cm³/mol. The van der Waals surface area contributed by atoms with E-state index in [9.17, 15) is 0 Å². The summed E-state index contributed by atoms with van der Waals surface area (Å²) in [4.78, 5) is 8.57. The first-order chi connectivity index (χ1) is 12.8. The Kier molecular flexibility index (Phi) is 5.99. The minimum Gasteiger partial charge on any atom is -0.497 e. The third-order valence-electron chi connectivity index (χ3n) is 4.21. The van der Waals surface area contributed by atoms with Crippen molar-refractivity contribution in [3.05, 3.63) is 83.8 Å². The van der Waals surface area contributed by atoms with Gasteiger partial charge < -0.3 is 10.1 Å². The van der Waals surface area contributed by atoms with Crippen molar-refractivity contribution in [2.24, 2.45) is 0 Å². The van der Waals surface area contributed by atoms with Crippen molar-refractivity contribution in [1.82, 2.24) is 9.97 Å². The molecule has 3 rings (SSSR count). The van der Waals surface area contributed by atoms with E-state index in [0.717, 1.165) is 41.2 Å². The van der Waals surface area contributed by atoms with Gasteiger partial charge >= 0.3 is 0 Å². The summed E-state index contributed by atoms with van der Waals surface area (Å²) >= 11 is 0. The second kappa shape index (κ2) is 8.81. The maximum atomic E-state index is 5.22. The summed E-state index contributed by atoms with van der Waals surface area (Å²) in [5, 5.41) is 3.42. The van der Waals surface area contributed by atoms with Gasteiger partial charge in [0.25, 0.3) is 0 Å². The molecule has 4 heteroatoms. The second-order valence-corrected chi connectivity index (χ2v) is 6.04. The molecule has 26 heavy (non-hydrogen) atoms. The highest BCUT2D eigenvalue weighted by Gasteiger charge is 2.04. The van der Waals surface area contributed by atoms with Crippen LogP contribution in [0.25, 0.3) is 11.6 Å². The molecule has 1 N–H and O–H groups in total. The lowest BCUT2D eigenvalue weighted by molar-refractivity contribution is 0.415. The number of rotatable bonds is 7. The number of nitrogens with zero attached hydrogens (tertiary/aromatic N) is 2. The Labute approximate surface area is 154 Å². The van der Waals surface area contributed by atoms with Gasteiger partial charge in [0.15, 0.2) is 0 Å². The van der Waals surface area contributed by atoms with Crippen LogP contribution in [-0.4, -0.2) is 23.6 Å². The molecule has 0 unspecified atom stereocenters. The molecular formula is C22H23N3O. The van der Waals surface area contributed by atoms with Crippen molar-refractivity contribution in [2.45, 2.75) is 13.3 Å². The van der Waals surface area contributed by atoms with Crippen molar-refractivity contribution in [2.75, 3.05) is 19.0 Å². The highest BCUT2D eigenvalue weighted by Crippen LogP contribution is 2.22. The van der Waals surface area contributed by atoms with Gasteiger partial charge in [0, 0.05) is 18.3 Å². The van der Waals surface area contributed by atoms with E-state index in [2.05, 4.69) is 64.7 Å². The minimum atomic E-state index is 0.823. The lowest BCUT2D eigenvalue weighted by atomic mass is 10.1. The molecule has 0 amide bonds. The van der Waals surface area contributed by atoms with Crippen molar-refractivity contribution in [3.63, 3.8) is 0 Å². The quantitative estimate of drug-likeness (QED) is 0.674. The SMILES string of the molecule is COc1ccc(/C(C)=C/c2cncnc2NCCc2ccccc2)cc1. The molecule has 0 spiro atoms. The van der Waals surface area contributed by atoms with Gasteiger partial charge in [0.1, 0.15) is 17.9 Å². The standard InChI is InChI=1S/C22H23N3O/c1-17(19-8-10-21(26-2)11-9-19)14-20-15-23-16-25-22(20)24-13-12-18-6-4-3-5-7-18/h3-11,14-16H,12-13H2,1-2H3,(H,23,24,25)/b17-14+. The number of aromatic nitrogens is 2. The van der Waals surface area contributed by atoms with Crippen molar-refractivity contribution in [1.29, 1.82) is 0 Å². The molecule has 0 saturated heterocycles. The molecule has 0 saturated carbocycles. The molecule has 2 aromatic carbocycles. The first kappa shape index (κ1) is 17.7. The first-order valence-corrected chi connectivity index (χ1v) is 8.67. The van der Waals surface area contributed by atoms with Crippen LogP contribution in [-0.2, 0) is 6.42 Å². The molecule has 132 valence electrons. The lowest BCUT2D eigenvalue weighted by Gasteiger charge is -2.09. The number of allylic oxidation sites excluding steroid dienone is 1. The van der Waals surface area contributed by atoms with Crippen LogP contribution in [0.5, 0.6) is 5.75 Å². The Morgan fingerprint density at radius 3 is 2.58 bits per heavy atom. The number of hydrogen-bond donors (Lipinski definition) is 1. The van der Waals surface area contributed by atoms with E-state index in [1.165, 1.54) is 5.56 Å². The Hall–Kier alpha value is -3.14. The predicted octanol–water partition coefficient (Wildman–Crippen LogP) is 4.70. The van der Waals surface area contributed by atoms with Crippen LogP contribution >= 0.6 is 0 Å². The number of benzene rings is 2. The third-order valence-corrected chi connectivity index (χ3v) is 4.21. The van der Waals surface area contributed by atoms with Gasteiger partial charge in [-0.25, -0.2) is 9.97 Å². The highest BCUT2D eigenvalue weighted by molar-refractivity contribution is 5.83. The maximum Gasteiger partial charge on any atom is 0.136 e. The normalized spacial score (nSPS) is 11.2. The average molecular weight is 345 g/mol. The van der Waals surface area contributed by atoms with E-state index in [1.807, 2.05) is 24.4 Å². The zero-order valence-corrected chi connectivity index (χ0v) is 15.1. The van der Waals surface area contributed by atoms with Crippen LogP contribution in [0.3, 0.4) is 0 Å². The van der Waals surface area contributed by atoms with Crippen molar-refractivity contribution >= 4 is 17.5 Å². The van der Waals surface area contributed by atoms with Crippen LogP contribution < -0.4 is 10.1 Å². The molecule has 1 aromatic heterocycles. The zero-order valence-electron chi connectivity index (χ0n) is 15.1. The number of ether oxygens (including phenoxy) is 1. The summed E-state index contributed by atoms with van der Waals surface area (Å²) in [6.45, 7) is 2.91. The fraction of sp³-hybridized carbons (Fsp3) is 0.182. The molecule has 0 atom stereocenters. The summed E-state index contributed by atoms with van der Waals surface area (Å²) < 4.78 is 5.22. The fourth-order valence-corrected chi connectivity index (χ4v) is 2.73. The molecular weight excluding hydrogens is 322 g/mol. The summed E-state index contributed by atoms with van der Waals surface area (Å²) in [6.07, 6.45) is 6.47. The Balaban J connectivity index is 1.71. The van der Waals surface area contributed by atoms with Crippen molar-refractivity contribution < 1.29 is 4.74 Å². The van der Waals surface area contributed by atoms with E-state index in [-0.39, 0.29) is 0 Å². The Morgan fingerprint density at radius 1 is 1.08 bits per heavy atom. The van der Waals surface area contributed by atoms with E-state index < -0.39 is 0 Å². The summed E-state index contributed by atoms with van der Waals surface area (Å²) in [7, 11) is 1.67. The van der Waals surface area contributed by atoms with Crippen LogP contribution in [0, 0.1) is 0 Å². The smallest absolute Gasteiger partial charge is 0.136 e. The van der Waals surface area contributed by atoms with Gasteiger partial charge in [-0.05, 0) is 48.3 Å². The lowest BCUT2D eigenvalue weighted by Crippen LogP contribution is -2.07. The van der Waals surface area contributed by atoms with E-state index in [4.69, 9.17) is 4.74 Å². The van der Waals surface area contributed by atoms with Gasteiger partial charge in [-0.2, -0.15) is 0 Å². The molecule has 1 heterocycles. The highest BCUT2D eigenvalue weighted by atomic mass is 16.5. The van der Waals surface area contributed by atoms with Gasteiger partial charge in [-0.1, -0.05) is 42.5 Å². The molecule has 0 aliphatic rings. The first-order valence-electron chi connectivity index (χ1n) is 8.67. The molecule has 0 radical (unpaired) electrons. The van der Waals surface area contributed by atoms with E-state index >= 15 is 0 Å². The fourth-order valence-electron chi connectivity index (χ4n) is 2.73. The number of methoxy groups -OCH3 is 1. The summed E-state index contributed by atoms with van der Waals surface area (Å²) in [6, 6.07) is 18.5. The zero-order chi connectivity index (χ0) is 18.2. The summed E-state index contributed by atoms with van der Waals surface area (Å²) in [5.41, 5.74) is 4.58. The number of hydrogen-bond acceptors (Lipinski definition) is 4. The molecule has 0 fully saturated rings. The van der Waals surface area contributed by atoms with Gasteiger partial charge in [0.05, 0.1) is 7.11 Å². The average Bonchev–Trinajstić information content (AvgIpc) is 2.70. The number of anilines is 1. The minimum absolute atomic E-state index is 0.823. The molecule has 0 aliphatic carbocycles.